The molecule has 2 nitrogen and oxygen atoms in total. The third kappa shape index (κ3) is 4.85. The maximum absolute atomic E-state index is 11.9. The molecule has 0 saturated carbocycles. The lowest BCUT2D eigenvalue weighted by molar-refractivity contribution is -0.135. The third-order valence-electron chi connectivity index (χ3n) is 2.30. The summed E-state index contributed by atoms with van der Waals surface area (Å²) in [5.74, 6) is 0.939. The van der Waals surface area contributed by atoms with Crippen molar-refractivity contribution in [2.24, 2.45) is 5.92 Å². The fourth-order valence-electron chi connectivity index (χ4n) is 1.57. The van der Waals surface area contributed by atoms with Gasteiger partial charge in [0.2, 0.25) is 5.91 Å². The van der Waals surface area contributed by atoms with E-state index in [9.17, 15) is 4.79 Å². The summed E-state index contributed by atoms with van der Waals surface area (Å²) in [7, 11) is 0. The molecule has 0 fully saturated rings. The molecule has 14 heavy (non-hydrogen) atoms. The van der Waals surface area contributed by atoms with E-state index in [4.69, 9.17) is 11.6 Å². The number of rotatable bonds is 7. The summed E-state index contributed by atoms with van der Waals surface area (Å²) >= 11 is 5.66. The number of hydrogen-bond acceptors (Lipinski definition) is 1. The van der Waals surface area contributed by atoms with Crippen LogP contribution in [0.5, 0.6) is 0 Å². The Morgan fingerprint density at radius 1 is 1.29 bits per heavy atom. The van der Waals surface area contributed by atoms with Gasteiger partial charge in [0, 0.05) is 24.9 Å². The molecule has 1 unspecified atom stereocenters. The highest BCUT2D eigenvalue weighted by Crippen LogP contribution is 2.10. The van der Waals surface area contributed by atoms with Crippen molar-refractivity contribution >= 4 is 17.5 Å². The number of carbonyl (C=O) groups excluding carboxylic acids is 1. The van der Waals surface area contributed by atoms with E-state index < -0.39 is 0 Å². The Morgan fingerprint density at radius 3 is 2.36 bits per heavy atom. The zero-order valence-electron chi connectivity index (χ0n) is 9.55. The lowest BCUT2D eigenvalue weighted by Gasteiger charge is -2.24. The van der Waals surface area contributed by atoms with Gasteiger partial charge in [-0.1, -0.05) is 27.2 Å². The van der Waals surface area contributed by atoms with Crippen LogP contribution in [0.1, 0.15) is 40.0 Å². The predicted octanol–water partition coefficient (Wildman–Crippen LogP) is 2.90. The fraction of sp³-hybridized carbons (Fsp3) is 0.909. The van der Waals surface area contributed by atoms with Crippen LogP contribution in [-0.2, 0) is 4.79 Å². The number of hydrogen-bond donors (Lipinski definition) is 0. The van der Waals surface area contributed by atoms with Gasteiger partial charge in [0.15, 0.2) is 0 Å². The van der Waals surface area contributed by atoms with Gasteiger partial charge in [0.1, 0.15) is 0 Å². The minimum atomic E-state index is 0.148. The lowest BCUT2D eigenvalue weighted by atomic mass is 10.0. The monoisotopic (exact) mass is 219 g/mol. The van der Waals surface area contributed by atoms with Gasteiger partial charge in [-0.3, -0.25) is 4.79 Å². The molecule has 0 bridgehead atoms. The third-order valence-corrected chi connectivity index (χ3v) is 2.47. The van der Waals surface area contributed by atoms with Gasteiger partial charge >= 0.3 is 0 Å². The van der Waals surface area contributed by atoms with E-state index >= 15 is 0 Å². The maximum atomic E-state index is 11.9. The summed E-state index contributed by atoms with van der Waals surface area (Å²) in [5, 5.41) is 0. The molecule has 3 heteroatoms. The summed E-state index contributed by atoms with van der Waals surface area (Å²) < 4.78 is 0. The van der Waals surface area contributed by atoms with Crippen molar-refractivity contribution in [2.45, 2.75) is 40.0 Å². The predicted molar refractivity (Wildman–Crippen MR) is 61.7 cm³/mol. The van der Waals surface area contributed by atoms with Crippen LogP contribution in [-0.4, -0.2) is 29.8 Å². The molecule has 0 heterocycles. The van der Waals surface area contributed by atoms with E-state index in [1.807, 2.05) is 11.8 Å². The summed E-state index contributed by atoms with van der Waals surface area (Å²) in [5.41, 5.74) is 0. The Bertz CT molecular complexity index is 155. The van der Waals surface area contributed by atoms with Crippen LogP contribution in [0.15, 0.2) is 0 Å². The molecule has 0 radical (unpaired) electrons. The number of amides is 1. The number of halogens is 1. The first-order valence-corrected chi connectivity index (χ1v) is 6.05. The molecule has 0 saturated heterocycles. The van der Waals surface area contributed by atoms with Crippen LogP contribution in [0.4, 0.5) is 0 Å². The molecule has 0 N–H and O–H groups in total. The molecular formula is C11H22ClNO. The largest absolute Gasteiger partial charge is 0.341 e. The van der Waals surface area contributed by atoms with Crippen molar-refractivity contribution in [3.8, 4) is 0 Å². The molecule has 0 rings (SSSR count). The van der Waals surface area contributed by atoms with E-state index in [2.05, 4.69) is 13.8 Å². The van der Waals surface area contributed by atoms with Gasteiger partial charge in [-0.05, 0) is 12.8 Å². The topological polar surface area (TPSA) is 20.3 Å². The Hall–Kier alpha value is -0.240. The Morgan fingerprint density at radius 2 is 1.93 bits per heavy atom. The molecule has 0 aliphatic carbocycles. The smallest absolute Gasteiger partial charge is 0.225 e. The van der Waals surface area contributed by atoms with E-state index in [1.54, 1.807) is 0 Å². The number of nitrogens with zero attached hydrogens (tertiary/aromatic N) is 1. The van der Waals surface area contributed by atoms with Crippen molar-refractivity contribution in [1.82, 2.24) is 4.90 Å². The van der Waals surface area contributed by atoms with E-state index in [1.165, 1.54) is 0 Å². The van der Waals surface area contributed by atoms with Crippen LogP contribution < -0.4 is 0 Å². The van der Waals surface area contributed by atoms with Crippen molar-refractivity contribution in [2.75, 3.05) is 19.0 Å². The first kappa shape index (κ1) is 13.8. The van der Waals surface area contributed by atoms with Gasteiger partial charge in [-0.15, -0.1) is 11.6 Å². The molecule has 84 valence electrons. The summed E-state index contributed by atoms with van der Waals surface area (Å²) in [4.78, 5) is 13.8. The fourth-order valence-corrected chi connectivity index (χ4v) is 1.78. The molecule has 1 atom stereocenters. The molecule has 0 aromatic carbocycles. The lowest BCUT2D eigenvalue weighted by Crippen LogP contribution is -2.37. The number of alkyl halides is 1. The van der Waals surface area contributed by atoms with Crippen molar-refractivity contribution < 1.29 is 4.79 Å². The second kappa shape index (κ2) is 8.10. The van der Waals surface area contributed by atoms with Gasteiger partial charge < -0.3 is 4.90 Å². The van der Waals surface area contributed by atoms with Crippen LogP contribution >= 0.6 is 11.6 Å². The minimum absolute atomic E-state index is 0.148. The molecule has 0 spiro atoms. The molecule has 0 aromatic heterocycles. The average Bonchev–Trinajstić information content (AvgIpc) is 2.17. The number of carbonyl (C=O) groups is 1. The summed E-state index contributed by atoms with van der Waals surface area (Å²) in [6.07, 6.45) is 3.04. The van der Waals surface area contributed by atoms with Crippen molar-refractivity contribution in [3.05, 3.63) is 0 Å². The molecule has 0 aromatic rings. The highest BCUT2D eigenvalue weighted by atomic mass is 35.5. The highest BCUT2D eigenvalue weighted by molar-refractivity contribution is 6.18. The van der Waals surface area contributed by atoms with Crippen LogP contribution in [0.3, 0.4) is 0 Å². The minimum Gasteiger partial charge on any atom is -0.341 e. The zero-order valence-corrected chi connectivity index (χ0v) is 10.3. The summed E-state index contributed by atoms with van der Waals surface area (Å²) in [6, 6.07) is 0. The first-order chi connectivity index (χ1) is 6.67. The Balaban J connectivity index is 4.11. The first-order valence-electron chi connectivity index (χ1n) is 5.52. The van der Waals surface area contributed by atoms with E-state index in [0.717, 1.165) is 25.8 Å². The second-order valence-electron chi connectivity index (χ2n) is 3.70. The Kier molecular flexibility index (Phi) is 7.96. The van der Waals surface area contributed by atoms with Crippen LogP contribution in [0, 0.1) is 5.92 Å². The van der Waals surface area contributed by atoms with Crippen LogP contribution in [0.25, 0.3) is 0 Å². The van der Waals surface area contributed by atoms with Crippen LogP contribution in [0.2, 0.25) is 0 Å². The Labute approximate surface area is 92.6 Å². The second-order valence-corrected chi connectivity index (χ2v) is 4.08. The van der Waals surface area contributed by atoms with Crippen molar-refractivity contribution in [3.63, 3.8) is 0 Å². The zero-order chi connectivity index (χ0) is 11.0. The average molecular weight is 220 g/mol. The van der Waals surface area contributed by atoms with Gasteiger partial charge in [-0.25, -0.2) is 0 Å². The normalized spacial score (nSPS) is 12.6. The van der Waals surface area contributed by atoms with Gasteiger partial charge in [-0.2, -0.15) is 0 Å². The highest BCUT2D eigenvalue weighted by Gasteiger charge is 2.18. The van der Waals surface area contributed by atoms with E-state index in [0.29, 0.717) is 12.4 Å². The van der Waals surface area contributed by atoms with E-state index in [-0.39, 0.29) is 11.8 Å². The SMILES string of the molecule is CCCC(C)C(=O)N(CCC)CCCl. The molecule has 0 aliphatic heterocycles. The van der Waals surface area contributed by atoms with Crippen molar-refractivity contribution in [1.29, 1.82) is 0 Å². The van der Waals surface area contributed by atoms with Gasteiger partial charge in [0.05, 0.1) is 0 Å². The van der Waals surface area contributed by atoms with Gasteiger partial charge in [0.25, 0.3) is 0 Å². The molecular weight excluding hydrogens is 198 g/mol. The standard InChI is InChI=1S/C11H22ClNO/c1-4-6-10(3)11(14)13(8-5-2)9-7-12/h10H,4-9H2,1-3H3. The molecule has 0 aliphatic rings. The summed E-state index contributed by atoms with van der Waals surface area (Å²) in [6.45, 7) is 7.71. The maximum Gasteiger partial charge on any atom is 0.225 e. The quantitative estimate of drug-likeness (QED) is 0.603. The molecule has 1 amide bonds.